The molecule has 0 amide bonds. The van der Waals surface area contributed by atoms with Gasteiger partial charge in [-0.2, -0.15) is 0 Å². The van der Waals surface area contributed by atoms with E-state index in [1.54, 1.807) is 10.6 Å². The molecule has 0 spiro atoms. The monoisotopic (exact) mass is 314 g/mol. The van der Waals surface area contributed by atoms with Gasteiger partial charge >= 0.3 is 0 Å². The number of nitrogens with one attached hydrogen (secondary N) is 1. The van der Waals surface area contributed by atoms with E-state index in [0.717, 1.165) is 16.5 Å². The third kappa shape index (κ3) is 3.40. The Bertz CT molecular complexity index is 761. The number of nitrogens with zero attached hydrogens (tertiary/aromatic N) is 3. The molecule has 2 aromatic rings. The summed E-state index contributed by atoms with van der Waals surface area (Å²) < 4.78 is 1.72. The van der Waals surface area contributed by atoms with Crippen LogP contribution >= 0.6 is 12.2 Å². The normalized spacial score (nSPS) is 11.0. The van der Waals surface area contributed by atoms with Gasteiger partial charge in [0.15, 0.2) is 5.69 Å². The van der Waals surface area contributed by atoms with Crippen molar-refractivity contribution in [2.75, 3.05) is 6.54 Å². The number of hydrogen-bond acceptors (Lipinski definition) is 3. The van der Waals surface area contributed by atoms with Gasteiger partial charge in [0.05, 0.1) is 5.52 Å². The maximum atomic E-state index is 10.4. The first-order valence-corrected chi connectivity index (χ1v) is 7.20. The van der Waals surface area contributed by atoms with Crippen molar-refractivity contribution in [1.82, 2.24) is 9.88 Å². The van der Waals surface area contributed by atoms with Crippen molar-refractivity contribution in [3.05, 3.63) is 49.1 Å². The minimum Gasteiger partial charge on any atom is -0.493 e. The zero-order valence-electron chi connectivity index (χ0n) is 12.4. The fraction of sp³-hybridized carbons (Fsp3) is 0.188. The Hall–Kier alpha value is -2.47. The molecule has 0 unspecified atom stereocenters. The molecule has 0 aliphatic heterocycles. The SMILES string of the molecule is C=CCn1c(O)c(N=NC(=S)NCC(=C)C)c2ccccc21. The van der Waals surface area contributed by atoms with E-state index in [2.05, 4.69) is 28.7 Å². The second-order valence-corrected chi connectivity index (χ2v) is 5.29. The van der Waals surface area contributed by atoms with Crippen molar-refractivity contribution >= 4 is 33.9 Å². The molecule has 2 rings (SSSR count). The second-order valence-electron chi connectivity index (χ2n) is 4.90. The predicted molar refractivity (Wildman–Crippen MR) is 93.7 cm³/mol. The number of allylic oxidation sites excluding steroid dienone is 1. The van der Waals surface area contributed by atoms with E-state index in [0.29, 0.717) is 18.8 Å². The number of benzene rings is 1. The van der Waals surface area contributed by atoms with Crippen molar-refractivity contribution < 1.29 is 5.11 Å². The van der Waals surface area contributed by atoms with Crippen LogP contribution in [0.15, 0.2) is 59.3 Å². The average Bonchev–Trinajstić information content (AvgIpc) is 2.76. The molecule has 1 aromatic heterocycles. The molecule has 5 nitrogen and oxygen atoms in total. The summed E-state index contributed by atoms with van der Waals surface area (Å²) >= 11 is 5.08. The number of rotatable bonds is 5. The van der Waals surface area contributed by atoms with Crippen LogP contribution in [0.3, 0.4) is 0 Å². The van der Waals surface area contributed by atoms with Crippen LogP contribution in [0.5, 0.6) is 5.88 Å². The Balaban J connectivity index is 2.35. The Morgan fingerprint density at radius 3 is 2.86 bits per heavy atom. The highest BCUT2D eigenvalue weighted by Gasteiger charge is 2.15. The van der Waals surface area contributed by atoms with Crippen molar-refractivity contribution in [1.29, 1.82) is 0 Å². The summed E-state index contributed by atoms with van der Waals surface area (Å²) in [6, 6.07) is 7.58. The molecule has 0 aliphatic carbocycles. The van der Waals surface area contributed by atoms with Gasteiger partial charge in [0.1, 0.15) is 0 Å². The summed E-state index contributed by atoms with van der Waals surface area (Å²) in [4.78, 5) is 0. The Morgan fingerprint density at radius 2 is 2.18 bits per heavy atom. The summed E-state index contributed by atoms with van der Waals surface area (Å²) in [7, 11) is 0. The fourth-order valence-corrected chi connectivity index (χ4v) is 2.15. The third-order valence-corrected chi connectivity index (χ3v) is 3.24. The highest BCUT2D eigenvalue weighted by molar-refractivity contribution is 7.80. The zero-order chi connectivity index (χ0) is 16.1. The van der Waals surface area contributed by atoms with Crippen molar-refractivity contribution in [3.8, 4) is 5.88 Å². The van der Waals surface area contributed by atoms with Crippen molar-refractivity contribution in [3.63, 3.8) is 0 Å². The minimum atomic E-state index is 0.0487. The van der Waals surface area contributed by atoms with Crippen LogP contribution in [0.2, 0.25) is 0 Å². The van der Waals surface area contributed by atoms with Crippen LogP contribution in [0.1, 0.15) is 6.92 Å². The maximum absolute atomic E-state index is 10.4. The van der Waals surface area contributed by atoms with E-state index in [9.17, 15) is 5.11 Å². The highest BCUT2D eigenvalue weighted by Crippen LogP contribution is 2.38. The predicted octanol–water partition coefficient (Wildman–Crippen LogP) is 4.07. The van der Waals surface area contributed by atoms with Crippen molar-refractivity contribution in [2.24, 2.45) is 10.2 Å². The van der Waals surface area contributed by atoms with E-state index in [1.807, 2.05) is 31.2 Å². The van der Waals surface area contributed by atoms with Crippen LogP contribution in [-0.2, 0) is 6.54 Å². The van der Waals surface area contributed by atoms with E-state index in [1.165, 1.54) is 0 Å². The number of fused-ring (bicyclic) bond motifs is 1. The fourth-order valence-electron chi connectivity index (χ4n) is 2.04. The topological polar surface area (TPSA) is 61.9 Å². The van der Waals surface area contributed by atoms with Gasteiger partial charge in [-0.3, -0.25) is 0 Å². The number of aromatic hydroxyl groups is 1. The van der Waals surface area contributed by atoms with Crippen LogP contribution in [0, 0.1) is 0 Å². The lowest BCUT2D eigenvalue weighted by Crippen LogP contribution is -2.20. The lowest BCUT2D eigenvalue weighted by molar-refractivity contribution is 0.431. The molecule has 0 aliphatic rings. The first-order chi connectivity index (χ1) is 10.5. The number of hydrogen-bond donors (Lipinski definition) is 2. The molecule has 0 fully saturated rings. The minimum absolute atomic E-state index is 0.0487. The van der Waals surface area contributed by atoms with Crippen LogP contribution in [0.4, 0.5) is 5.69 Å². The van der Waals surface area contributed by atoms with E-state index >= 15 is 0 Å². The number of thiocarbonyl (C=S) groups is 1. The molecule has 0 saturated carbocycles. The van der Waals surface area contributed by atoms with E-state index in [4.69, 9.17) is 12.2 Å². The maximum Gasteiger partial charge on any atom is 0.221 e. The van der Waals surface area contributed by atoms with Gasteiger partial charge in [-0.15, -0.1) is 16.8 Å². The first-order valence-electron chi connectivity index (χ1n) is 6.79. The Kier molecular flexibility index (Phi) is 5.06. The van der Waals surface area contributed by atoms with Gasteiger partial charge in [0.2, 0.25) is 11.0 Å². The number of azo groups is 1. The standard InChI is InChI=1S/C16H18N4OS/c1-4-9-20-13-8-6-5-7-12(13)14(15(20)21)18-19-16(22)17-10-11(2)3/h4-8,21H,1-2,9-10H2,3H3,(H,17,22). The first kappa shape index (κ1) is 15.9. The molecular weight excluding hydrogens is 296 g/mol. The molecule has 22 heavy (non-hydrogen) atoms. The molecule has 0 saturated heterocycles. The molecule has 1 aromatic carbocycles. The van der Waals surface area contributed by atoms with E-state index in [-0.39, 0.29) is 11.0 Å². The van der Waals surface area contributed by atoms with E-state index < -0.39 is 0 Å². The molecule has 2 N–H and O–H groups in total. The largest absolute Gasteiger partial charge is 0.493 e. The summed E-state index contributed by atoms with van der Waals surface area (Å²) in [5, 5.41) is 22.4. The van der Waals surface area contributed by atoms with Crippen LogP contribution in [-0.4, -0.2) is 21.3 Å². The molecule has 0 bridgehead atoms. The Morgan fingerprint density at radius 1 is 1.45 bits per heavy atom. The van der Waals surface area contributed by atoms with Gasteiger partial charge in [-0.1, -0.05) is 36.4 Å². The van der Waals surface area contributed by atoms with Gasteiger partial charge in [-0.05, 0) is 25.2 Å². The smallest absolute Gasteiger partial charge is 0.221 e. The van der Waals surface area contributed by atoms with Crippen LogP contribution in [0.25, 0.3) is 10.9 Å². The van der Waals surface area contributed by atoms with Crippen molar-refractivity contribution in [2.45, 2.75) is 13.5 Å². The number of para-hydroxylation sites is 1. The third-order valence-electron chi connectivity index (χ3n) is 3.01. The van der Waals surface area contributed by atoms with Gasteiger partial charge in [0, 0.05) is 18.5 Å². The molecular formula is C16H18N4OS. The molecule has 6 heteroatoms. The summed E-state index contributed by atoms with van der Waals surface area (Å²) in [5.74, 6) is 0.0487. The summed E-state index contributed by atoms with van der Waals surface area (Å²) in [6.45, 7) is 10.4. The Labute approximate surface area is 134 Å². The quantitative estimate of drug-likeness (QED) is 0.497. The van der Waals surface area contributed by atoms with Gasteiger partial charge in [-0.25, -0.2) is 0 Å². The highest BCUT2D eigenvalue weighted by atomic mass is 32.1. The lowest BCUT2D eigenvalue weighted by Gasteiger charge is -2.02. The number of aromatic nitrogens is 1. The lowest BCUT2D eigenvalue weighted by atomic mass is 10.2. The average molecular weight is 314 g/mol. The van der Waals surface area contributed by atoms with Crippen LogP contribution < -0.4 is 5.32 Å². The van der Waals surface area contributed by atoms with Gasteiger partial charge < -0.3 is 15.0 Å². The molecule has 0 radical (unpaired) electrons. The molecule has 1 heterocycles. The zero-order valence-corrected chi connectivity index (χ0v) is 13.2. The molecule has 114 valence electrons. The second kappa shape index (κ2) is 7.00. The molecule has 0 atom stereocenters. The summed E-state index contributed by atoms with van der Waals surface area (Å²) in [6.07, 6.45) is 1.71. The van der Waals surface area contributed by atoms with Gasteiger partial charge in [0.25, 0.3) is 0 Å². The summed E-state index contributed by atoms with van der Waals surface area (Å²) in [5.41, 5.74) is 2.22.